The lowest BCUT2D eigenvalue weighted by Gasteiger charge is -2.08. The van der Waals surface area contributed by atoms with Gasteiger partial charge in [0.2, 0.25) is 0 Å². The smallest absolute Gasteiger partial charge is 0.293 e. The summed E-state index contributed by atoms with van der Waals surface area (Å²) >= 11 is 0. The van der Waals surface area contributed by atoms with Gasteiger partial charge in [0, 0.05) is 31.2 Å². The predicted molar refractivity (Wildman–Crippen MR) is 71.8 cm³/mol. The van der Waals surface area contributed by atoms with Gasteiger partial charge in [-0.2, -0.15) is 0 Å². The fourth-order valence-electron chi connectivity index (χ4n) is 1.69. The standard InChI is InChI=1S/C13H16N4O/c1-2-17-7-6-15-12(13(17)18)16-11-5-3-4-10(8-11)9-14/h3-8H,2,9,14H2,1H3,(H,15,16). The fourth-order valence-corrected chi connectivity index (χ4v) is 1.69. The molecule has 0 aliphatic carbocycles. The SMILES string of the molecule is CCn1ccnc(Nc2cccc(CN)c2)c1=O. The van der Waals surface area contributed by atoms with Crippen LogP contribution in [-0.2, 0) is 13.1 Å². The van der Waals surface area contributed by atoms with Crippen molar-refractivity contribution in [3.63, 3.8) is 0 Å². The van der Waals surface area contributed by atoms with E-state index in [9.17, 15) is 4.79 Å². The molecule has 0 unspecified atom stereocenters. The van der Waals surface area contributed by atoms with Gasteiger partial charge in [-0.15, -0.1) is 0 Å². The van der Waals surface area contributed by atoms with Crippen LogP contribution in [0.1, 0.15) is 12.5 Å². The first-order chi connectivity index (χ1) is 8.74. The lowest BCUT2D eigenvalue weighted by molar-refractivity contribution is 0.720. The number of nitrogens with one attached hydrogen (secondary N) is 1. The monoisotopic (exact) mass is 244 g/mol. The lowest BCUT2D eigenvalue weighted by Crippen LogP contribution is -2.22. The Morgan fingerprint density at radius 2 is 2.28 bits per heavy atom. The summed E-state index contributed by atoms with van der Waals surface area (Å²) in [5.41, 5.74) is 7.27. The largest absolute Gasteiger partial charge is 0.336 e. The Labute approximate surface area is 105 Å². The molecule has 0 atom stereocenters. The van der Waals surface area contributed by atoms with Crippen molar-refractivity contribution in [3.8, 4) is 0 Å². The fraction of sp³-hybridized carbons (Fsp3) is 0.231. The van der Waals surface area contributed by atoms with Crippen LogP contribution in [-0.4, -0.2) is 9.55 Å². The Morgan fingerprint density at radius 1 is 1.44 bits per heavy atom. The maximum atomic E-state index is 12.0. The van der Waals surface area contributed by atoms with E-state index in [0.717, 1.165) is 11.3 Å². The highest BCUT2D eigenvalue weighted by molar-refractivity contribution is 5.56. The van der Waals surface area contributed by atoms with E-state index in [1.165, 1.54) is 0 Å². The molecular weight excluding hydrogens is 228 g/mol. The first-order valence-electron chi connectivity index (χ1n) is 5.86. The third-order valence-electron chi connectivity index (χ3n) is 2.68. The van der Waals surface area contributed by atoms with Crippen LogP contribution in [0.4, 0.5) is 11.5 Å². The number of nitrogens with zero attached hydrogens (tertiary/aromatic N) is 2. The first kappa shape index (κ1) is 12.3. The highest BCUT2D eigenvalue weighted by Crippen LogP contribution is 2.13. The summed E-state index contributed by atoms with van der Waals surface area (Å²) in [6.45, 7) is 3.01. The Bertz CT molecular complexity index is 592. The van der Waals surface area contributed by atoms with Crippen molar-refractivity contribution in [2.75, 3.05) is 5.32 Å². The second kappa shape index (κ2) is 5.46. The average molecular weight is 244 g/mol. The second-order valence-corrected chi connectivity index (χ2v) is 3.90. The quantitative estimate of drug-likeness (QED) is 0.854. The van der Waals surface area contributed by atoms with E-state index in [-0.39, 0.29) is 5.56 Å². The van der Waals surface area contributed by atoms with Gasteiger partial charge in [0.25, 0.3) is 5.56 Å². The molecule has 3 N–H and O–H groups in total. The zero-order valence-corrected chi connectivity index (χ0v) is 10.3. The minimum Gasteiger partial charge on any atom is -0.336 e. The van der Waals surface area contributed by atoms with Gasteiger partial charge in [0.05, 0.1) is 0 Å². The number of nitrogens with two attached hydrogens (primary N) is 1. The molecule has 0 fully saturated rings. The molecular formula is C13H16N4O. The zero-order valence-electron chi connectivity index (χ0n) is 10.3. The maximum absolute atomic E-state index is 12.0. The molecule has 1 aromatic heterocycles. The summed E-state index contributed by atoms with van der Waals surface area (Å²) in [5.74, 6) is 0.327. The molecule has 0 aliphatic rings. The van der Waals surface area contributed by atoms with E-state index in [2.05, 4.69) is 10.3 Å². The van der Waals surface area contributed by atoms with Gasteiger partial charge in [-0.05, 0) is 24.6 Å². The number of hydrogen-bond donors (Lipinski definition) is 2. The molecule has 5 nitrogen and oxygen atoms in total. The number of anilines is 2. The van der Waals surface area contributed by atoms with E-state index < -0.39 is 0 Å². The molecule has 0 radical (unpaired) electrons. The highest BCUT2D eigenvalue weighted by atomic mass is 16.1. The molecule has 2 rings (SSSR count). The third kappa shape index (κ3) is 2.57. The number of hydrogen-bond acceptors (Lipinski definition) is 4. The van der Waals surface area contributed by atoms with Gasteiger partial charge in [-0.25, -0.2) is 4.98 Å². The van der Waals surface area contributed by atoms with Crippen molar-refractivity contribution in [1.82, 2.24) is 9.55 Å². The normalized spacial score (nSPS) is 10.3. The maximum Gasteiger partial charge on any atom is 0.293 e. The summed E-state index contributed by atoms with van der Waals surface area (Å²) in [7, 11) is 0. The van der Waals surface area contributed by atoms with Crippen LogP contribution in [0.5, 0.6) is 0 Å². The summed E-state index contributed by atoms with van der Waals surface area (Å²) in [4.78, 5) is 16.0. The molecule has 1 heterocycles. The molecule has 0 saturated carbocycles. The van der Waals surface area contributed by atoms with Gasteiger partial charge < -0.3 is 15.6 Å². The number of rotatable bonds is 4. The van der Waals surface area contributed by atoms with Gasteiger partial charge in [0.15, 0.2) is 5.82 Å². The molecule has 5 heteroatoms. The van der Waals surface area contributed by atoms with E-state index in [1.54, 1.807) is 17.0 Å². The van der Waals surface area contributed by atoms with Crippen LogP contribution in [0.3, 0.4) is 0 Å². The molecule has 0 bridgehead atoms. The van der Waals surface area contributed by atoms with Crippen molar-refractivity contribution in [3.05, 3.63) is 52.6 Å². The minimum absolute atomic E-state index is 0.127. The lowest BCUT2D eigenvalue weighted by atomic mass is 10.2. The number of benzene rings is 1. The first-order valence-corrected chi connectivity index (χ1v) is 5.86. The topological polar surface area (TPSA) is 72.9 Å². The minimum atomic E-state index is -0.127. The highest BCUT2D eigenvalue weighted by Gasteiger charge is 2.04. The molecule has 2 aromatic rings. The van der Waals surface area contributed by atoms with E-state index in [1.807, 2.05) is 31.2 Å². The van der Waals surface area contributed by atoms with Crippen molar-refractivity contribution in [2.45, 2.75) is 20.0 Å². The number of aromatic nitrogens is 2. The van der Waals surface area contributed by atoms with Crippen molar-refractivity contribution in [1.29, 1.82) is 0 Å². The van der Waals surface area contributed by atoms with Crippen LogP contribution in [0.15, 0.2) is 41.5 Å². The average Bonchev–Trinajstić information content (AvgIpc) is 2.41. The van der Waals surface area contributed by atoms with Gasteiger partial charge >= 0.3 is 0 Å². The molecule has 0 aliphatic heterocycles. The van der Waals surface area contributed by atoms with Gasteiger partial charge in [-0.3, -0.25) is 4.79 Å². The van der Waals surface area contributed by atoms with Crippen LogP contribution < -0.4 is 16.6 Å². The van der Waals surface area contributed by atoms with Gasteiger partial charge in [0.1, 0.15) is 0 Å². The molecule has 18 heavy (non-hydrogen) atoms. The molecule has 1 aromatic carbocycles. The van der Waals surface area contributed by atoms with Crippen LogP contribution in [0.25, 0.3) is 0 Å². The second-order valence-electron chi connectivity index (χ2n) is 3.90. The van der Waals surface area contributed by atoms with Crippen molar-refractivity contribution in [2.24, 2.45) is 5.73 Å². The van der Waals surface area contributed by atoms with Gasteiger partial charge in [-0.1, -0.05) is 12.1 Å². The van der Waals surface area contributed by atoms with Crippen LogP contribution in [0.2, 0.25) is 0 Å². The van der Waals surface area contributed by atoms with E-state index in [4.69, 9.17) is 5.73 Å². The van der Waals surface area contributed by atoms with Crippen molar-refractivity contribution < 1.29 is 0 Å². The number of aryl methyl sites for hydroxylation is 1. The molecule has 0 spiro atoms. The summed E-state index contributed by atoms with van der Waals surface area (Å²) in [5, 5.41) is 3.02. The summed E-state index contributed by atoms with van der Waals surface area (Å²) in [6, 6.07) is 7.62. The third-order valence-corrected chi connectivity index (χ3v) is 2.68. The Kier molecular flexibility index (Phi) is 3.74. The van der Waals surface area contributed by atoms with Crippen LogP contribution in [0, 0.1) is 0 Å². The Morgan fingerprint density at radius 3 is 3.00 bits per heavy atom. The predicted octanol–water partition coefficient (Wildman–Crippen LogP) is 1.47. The summed E-state index contributed by atoms with van der Waals surface area (Å²) in [6.07, 6.45) is 3.28. The summed E-state index contributed by atoms with van der Waals surface area (Å²) < 4.78 is 1.60. The Hall–Kier alpha value is -2.14. The van der Waals surface area contributed by atoms with E-state index in [0.29, 0.717) is 18.9 Å². The Balaban J connectivity index is 2.31. The molecule has 0 saturated heterocycles. The molecule has 94 valence electrons. The molecule has 0 amide bonds. The zero-order chi connectivity index (χ0) is 13.0. The van der Waals surface area contributed by atoms with Crippen LogP contribution >= 0.6 is 0 Å². The van der Waals surface area contributed by atoms with Crippen molar-refractivity contribution >= 4 is 11.5 Å². The van der Waals surface area contributed by atoms with E-state index >= 15 is 0 Å².